The van der Waals surface area contributed by atoms with Crippen LogP contribution in [0.2, 0.25) is 0 Å². The molecule has 32 heavy (non-hydrogen) atoms. The second kappa shape index (κ2) is 9.63. The highest BCUT2D eigenvalue weighted by Crippen LogP contribution is 2.32. The van der Waals surface area contributed by atoms with Crippen molar-refractivity contribution >= 4 is 23.2 Å². The number of ether oxygens (including phenoxy) is 1. The molecule has 0 aromatic carbocycles. The summed E-state index contributed by atoms with van der Waals surface area (Å²) in [6, 6.07) is 8.57. The van der Waals surface area contributed by atoms with Gasteiger partial charge in [-0.25, -0.2) is 15.0 Å². The van der Waals surface area contributed by atoms with Gasteiger partial charge in [-0.2, -0.15) is 8.78 Å². The molecule has 0 radical (unpaired) electrons. The molecule has 0 aliphatic carbocycles. The quantitative estimate of drug-likeness (QED) is 0.517. The van der Waals surface area contributed by atoms with E-state index >= 15 is 0 Å². The number of nitrogens with zero attached hydrogens (tertiary/aromatic N) is 4. The predicted octanol–water partition coefficient (Wildman–Crippen LogP) is 4.78. The fourth-order valence-corrected chi connectivity index (χ4v) is 2.70. The van der Waals surface area contributed by atoms with Crippen molar-refractivity contribution in [3.05, 3.63) is 59.9 Å². The lowest BCUT2D eigenvalue weighted by Gasteiger charge is -2.17. The van der Waals surface area contributed by atoms with Crippen molar-refractivity contribution in [1.82, 2.24) is 19.9 Å². The van der Waals surface area contributed by atoms with E-state index in [0.717, 1.165) is 6.92 Å². The standard InChI is InChI=1S/C22H24F2N6O2/c1-13(2)16-9-20(30-21(29-16)22(4,23)24)28-17-10-19(27-14(3)31)26-11-18(17)32-12-15-7-5-6-8-25-15/h5-11,13H,12H2,1-4H3,(H2,26,27,28,29,30,31). The zero-order chi connectivity index (χ0) is 23.3. The van der Waals surface area contributed by atoms with Gasteiger partial charge in [0.25, 0.3) is 0 Å². The zero-order valence-corrected chi connectivity index (χ0v) is 18.2. The van der Waals surface area contributed by atoms with Gasteiger partial charge in [0.2, 0.25) is 11.7 Å². The van der Waals surface area contributed by atoms with Crippen LogP contribution in [0.25, 0.3) is 0 Å². The highest BCUT2D eigenvalue weighted by molar-refractivity contribution is 5.88. The third-order valence-electron chi connectivity index (χ3n) is 4.27. The van der Waals surface area contributed by atoms with Crippen LogP contribution in [0, 0.1) is 0 Å². The van der Waals surface area contributed by atoms with Crippen molar-refractivity contribution in [2.75, 3.05) is 10.6 Å². The third kappa shape index (κ3) is 6.16. The number of carbonyl (C=O) groups excluding carboxylic acids is 1. The predicted molar refractivity (Wildman–Crippen MR) is 116 cm³/mol. The average molecular weight is 442 g/mol. The van der Waals surface area contributed by atoms with Gasteiger partial charge in [-0.3, -0.25) is 9.78 Å². The van der Waals surface area contributed by atoms with Crippen LogP contribution in [0.15, 0.2) is 42.7 Å². The Morgan fingerprint density at radius 1 is 1.16 bits per heavy atom. The molecule has 2 N–H and O–H groups in total. The normalized spacial score (nSPS) is 11.3. The minimum atomic E-state index is -3.21. The Kier molecular flexibility index (Phi) is 6.92. The molecule has 3 rings (SSSR count). The maximum absolute atomic E-state index is 14.0. The first kappa shape index (κ1) is 23.0. The first-order chi connectivity index (χ1) is 15.1. The number of pyridine rings is 2. The van der Waals surface area contributed by atoms with Gasteiger partial charge in [-0.05, 0) is 18.1 Å². The number of nitrogens with one attached hydrogen (secondary N) is 2. The molecule has 1 amide bonds. The molecule has 0 aliphatic heterocycles. The van der Waals surface area contributed by atoms with Gasteiger partial charge < -0.3 is 15.4 Å². The third-order valence-corrected chi connectivity index (χ3v) is 4.27. The molecule has 168 valence electrons. The van der Waals surface area contributed by atoms with Gasteiger partial charge in [-0.15, -0.1) is 0 Å². The Balaban J connectivity index is 1.97. The Morgan fingerprint density at radius 2 is 1.94 bits per heavy atom. The number of anilines is 3. The molecule has 0 bridgehead atoms. The molecule has 8 nitrogen and oxygen atoms in total. The SMILES string of the molecule is CC(=O)Nc1cc(Nc2cc(C(C)C)nc(C(C)(F)F)n2)c(OCc2ccccn2)cn1. The van der Waals surface area contributed by atoms with E-state index in [1.165, 1.54) is 19.2 Å². The summed E-state index contributed by atoms with van der Waals surface area (Å²) in [5.41, 5.74) is 1.55. The molecule has 0 aliphatic rings. The van der Waals surface area contributed by atoms with E-state index in [1.54, 1.807) is 24.4 Å². The number of hydrogen-bond donors (Lipinski definition) is 2. The summed E-state index contributed by atoms with van der Waals surface area (Å²) in [5, 5.41) is 5.60. The Morgan fingerprint density at radius 3 is 2.56 bits per heavy atom. The highest BCUT2D eigenvalue weighted by atomic mass is 19.3. The maximum Gasteiger partial charge on any atom is 0.303 e. The van der Waals surface area contributed by atoms with Crippen LogP contribution in [-0.4, -0.2) is 25.8 Å². The lowest BCUT2D eigenvalue weighted by Crippen LogP contribution is -2.16. The molecule has 0 fully saturated rings. The maximum atomic E-state index is 14.0. The molecular formula is C22H24F2N6O2. The van der Waals surface area contributed by atoms with Crippen molar-refractivity contribution in [2.45, 2.75) is 46.1 Å². The number of halogens is 2. The lowest BCUT2D eigenvalue weighted by molar-refractivity contribution is -0.114. The average Bonchev–Trinajstić information content (AvgIpc) is 2.72. The molecule has 0 unspecified atom stereocenters. The van der Waals surface area contributed by atoms with Crippen LogP contribution >= 0.6 is 0 Å². The van der Waals surface area contributed by atoms with E-state index in [0.29, 0.717) is 22.8 Å². The van der Waals surface area contributed by atoms with E-state index in [9.17, 15) is 13.6 Å². The fourth-order valence-electron chi connectivity index (χ4n) is 2.70. The van der Waals surface area contributed by atoms with E-state index in [2.05, 4.69) is 30.6 Å². The summed E-state index contributed by atoms with van der Waals surface area (Å²) >= 11 is 0. The summed E-state index contributed by atoms with van der Waals surface area (Å²) in [4.78, 5) is 27.8. The van der Waals surface area contributed by atoms with Crippen molar-refractivity contribution in [2.24, 2.45) is 0 Å². The van der Waals surface area contributed by atoms with Gasteiger partial charge in [0, 0.05) is 37.9 Å². The topological polar surface area (TPSA) is 102 Å². The first-order valence-corrected chi connectivity index (χ1v) is 9.96. The number of rotatable bonds is 8. The molecule has 3 heterocycles. The van der Waals surface area contributed by atoms with Crippen LogP contribution in [-0.2, 0) is 17.3 Å². The van der Waals surface area contributed by atoms with Crippen LogP contribution in [0.3, 0.4) is 0 Å². The largest absolute Gasteiger partial charge is 0.483 e. The number of alkyl halides is 2. The second-order valence-electron chi connectivity index (χ2n) is 7.53. The second-order valence-corrected chi connectivity index (χ2v) is 7.53. The van der Waals surface area contributed by atoms with E-state index in [1.807, 2.05) is 19.9 Å². The summed E-state index contributed by atoms with van der Waals surface area (Å²) in [5.74, 6) is -3.42. The van der Waals surface area contributed by atoms with Crippen molar-refractivity contribution in [3.63, 3.8) is 0 Å². The van der Waals surface area contributed by atoms with Crippen LogP contribution in [0.4, 0.5) is 26.1 Å². The highest BCUT2D eigenvalue weighted by Gasteiger charge is 2.29. The summed E-state index contributed by atoms with van der Waals surface area (Å²) in [7, 11) is 0. The van der Waals surface area contributed by atoms with Gasteiger partial charge in [0.1, 0.15) is 18.2 Å². The van der Waals surface area contributed by atoms with Crippen LogP contribution in [0.5, 0.6) is 5.75 Å². The van der Waals surface area contributed by atoms with Crippen molar-refractivity contribution < 1.29 is 18.3 Å². The first-order valence-electron chi connectivity index (χ1n) is 9.96. The van der Waals surface area contributed by atoms with E-state index in [-0.39, 0.29) is 30.1 Å². The molecule has 3 aromatic rings. The van der Waals surface area contributed by atoms with Crippen molar-refractivity contribution in [1.29, 1.82) is 0 Å². The molecule has 0 saturated heterocycles. The summed E-state index contributed by atoms with van der Waals surface area (Å²) in [6.07, 6.45) is 3.08. The van der Waals surface area contributed by atoms with Crippen molar-refractivity contribution in [3.8, 4) is 5.75 Å². The fraction of sp³-hybridized carbons (Fsp3) is 0.318. The van der Waals surface area contributed by atoms with E-state index in [4.69, 9.17) is 4.74 Å². The Hall–Kier alpha value is -3.69. The molecule has 0 atom stereocenters. The molecule has 0 spiro atoms. The minimum Gasteiger partial charge on any atom is -0.483 e. The minimum absolute atomic E-state index is 0.0908. The zero-order valence-electron chi connectivity index (χ0n) is 18.2. The van der Waals surface area contributed by atoms with Crippen LogP contribution in [0.1, 0.15) is 50.8 Å². The molecular weight excluding hydrogens is 418 g/mol. The smallest absolute Gasteiger partial charge is 0.303 e. The monoisotopic (exact) mass is 442 g/mol. The lowest BCUT2D eigenvalue weighted by atomic mass is 10.1. The summed E-state index contributed by atoms with van der Waals surface area (Å²) < 4.78 is 33.8. The molecule has 0 saturated carbocycles. The summed E-state index contributed by atoms with van der Waals surface area (Å²) in [6.45, 7) is 5.98. The van der Waals surface area contributed by atoms with Gasteiger partial charge in [-0.1, -0.05) is 19.9 Å². The molecule has 3 aromatic heterocycles. The van der Waals surface area contributed by atoms with E-state index < -0.39 is 11.7 Å². The number of aromatic nitrogens is 4. The van der Waals surface area contributed by atoms with Gasteiger partial charge in [0.15, 0.2) is 5.75 Å². The molecule has 10 heteroatoms. The van der Waals surface area contributed by atoms with Gasteiger partial charge in [0.05, 0.1) is 17.6 Å². The Labute approximate surface area is 184 Å². The Bertz CT molecular complexity index is 1090. The number of amides is 1. The van der Waals surface area contributed by atoms with Crippen LogP contribution < -0.4 is 15.4 Å². The number of hydrogen-bond acceptors (Lipinski definition) is 7. The van der Waals surface area contributed by atoms with Gasteiger partial charge >= 0.3 is 5.92 Å². The number of carbonyl (C=O) groups is 1.